The van der Waals surface area contributed by atoms with E-state index >= 15 is 0 Å². The number of benzene rings is 1. The van der Waals surface area contributed by atoms with Gasteiger partial charge in [0.25, 0.3) is 5.91 Å². The number of rotatable bonds is 4. The van der Waals surface area contributed by atoms with Gasteiger partial charge in [0.15, 0.2) is 9.84 Å². The first-order valence-electron chi connectivity index (χ1n) is 7.10. The fraction of sp³-hybridized carbons (Fsp3) is 0.312. The lowest BCUT2D eigenvalue weighted by molar-refractivity contribution is 0.0955. The Morgan fingerprint density at radius 2 is 2.00 bits per heavy atom. The number of carbonyl (C=O) groups excluding carboxylic acids is 1. The molecule has 0 bridgehead atoms. The quantitative estimate of drug-likeness (QED) is 0.934. The molecule has 0 saturated carbocycles. The summed E-state index contributed by atoms with van der Waals surface area (Å²) in [5.41, 5.74) is 1.97. The molecule has 1 atom stereocenters. The van der Waals surface area contributed by atoms with Crippen molar-refractivity contribution in [1.82, 2.24) is 5.32 Å². The van der Waals surface area contributed by atoms with E-state index in [-0.39, 0.29) is 23.3 Å². The zero-order valence-electron chi connectivity index (χ0n) is 12.2. The van der Waals surface area contributed by atoms with Crippen molar-refractivity contribution < 1.29 is 13.2 Å². The maximum atomic E-state index is 12.2. The second-order valence-corrected chi connectivity index (χ2v) is 8.81. The van der Waals surface area contributed by atoms with Crippen LogP contribution >= 0.6 is 11.3 Å². The van der Waals surface area contributed by atoms with Crippen LogP contribution in [0.5, 0.6) is 0 Å². The molecule has 1 aliphatic rings. The van der Waals surface area contributed by atoms with Crippen molar-refractivity contribution in [2.75, 3.05) is 6.54 Å². The van der Waals surface area contributed by atoms with Gasteiger partial charge in [0.05, 0.1) is 16.4 Å². The molecule has 22 heavy (non-hydrogen) atoms. The maximum Gasteiger partial charge on any atom is 0.261 e. The highest BCUT2D eigenvalue weighted by Gasteiger charge is 2.28. The summed E-state index contributed by atoms with van der Waals surface area (Å²) >= 11 is 1.29. The molecule has 0 aliphatic carbocycles. The Morgan fingerprint density at radius 1 is 1.27 bits per heavy atom. The molecular formula is C16H17NO3S2. The highest BCUT2D eigenvalue weighted by atomic mass is 32.2. The standard InChI is InChI=1S/C16H17NO3S2/c1-11(12-5-3-2-4-6-12)8-17-16(18)14-7-13-9-22(19,20)10-15(13)21-14/h2-7,11H,8-10H2,1H3,(H,17,18). The number of hydrogen-bond acceptors (Lipinski definition) is 4. The second-order valence-electron chi connectivity index (χ2n) is 5.61. The second kappa shape index (κ2) is 5.85. The van der Waals surface area contributed by atoms with Crippen LogP contribution in [0.15, 0.2) is 36.4 Å². The third-order valence-corrected chi connectivity index (χ3v) is 6.62. The van der Waals surface area contributed by atoms with Crippen LogP contribution < -0.4 is 5.32 Å². The number of fused-ring (bicyclic) bond motifs is 1. The third kappa shape index (κ3) is 3.23. The molecule has 0 radical (unpaired) electrons. The molecule has 2 aromatic rings. The molecule has 0 fully saturated rings. The molecule has 2 heterocycles. The molecule has 1 aromatic carbocycles. The van der Waals surface area contributed by atoms with Crippen LogP contribution in [0.25, 0.3) is 0 Å². The van der Waals surface area contributed by atoms with Crippen molar-refractivity contribution in [3.8, 4) is 0 Å². The first kappa shape index (κ1) is 15.2. The molecule has 4 nitrogen and oxygen atoms in total. The third-order valence-electron chi connectivity index (χ3n) is 3.78. The lowest BCUT2D eigenvalue weighted by atomic mass is 10.0. The minimum Gasteiger partial charge on any atom is -0.351 e. The van der Waals surface area contributed by atoms with Gasteiger partial charge in [-0.25, -0.2) is 8.42 Å². The first-order valence-corrected chi connectivity index (χ1v) is 9.73. The summed E-state index contributed by atoms with van der Waals surface area (Å²) in [4.78, 5) is 13.6. The fourth-order valence-corrected chi connectivity index (χ4v) is 5.72. The topological polar surface area (TPSA) is 63.2 Å². The van der Waals surface area contributed by atoms with Gasteiger partial charge in [-0.2, -0.15) is 0 Å². The van der Waals surface area contributed by atoms with E-state index in [9.17, 15) is 13.2 Å². The zero-order valence-corrected chi connectivity index (χ0v) is 13.8. The SMILES string of the molecule is CC(CNC(=O)c1cc2c(s1)CS(=O)(=O)C2)c1ccccc1. The summed E-state index contributed by atoms with van der Waals surface area (Å²) in [6.45, 7) is 2.63. The number of sulfone groups is 1. The van der Waals surface area contributed by atoms with Gasteiger partial charge in [-0.1, -0.05) is 37.3 Å². The van der Waals surface area contributed by atoms with Gasteiger partial charge in [0.2, 0.25) is 0 Å². The smallest absolute Gasteiger partial charge is 0.261 e. The molecule has 116 valence electrons. The molecule has 3 rings (SSSR count). The van der Waals surface area contributed by atoms with Crippen LogP contribution in [0.1, 0.15) is 38.5 Å². The molecule has 0 spiro atoms. The van der Waals surface area contributed by atoms with Crippen molar-refractivity contribution in [3.05, 3.63) is 57.3 Å². The van der Waals surface area contributed by atoms with Crippen LogP contribution in [0, 0.1) is 0 Å². The van der Waals surface area contributed by atoms with Crippen LogP contribution in [0.3, 0.4) is 0 Å². The molecule has 1 unspecified atom stereocenters. The summed E-state index contributed by atoms with van der Waals surface area (Å²) in [6, 6.07) is 11.7. The molecule has 1 amide bonds. The Kier molecular flexibility index (Phi) is 4.06. The largest absolute Gasteiger partial charge is 0.351 e. The predicted octanol–water partition coefficient (Wildman–Crippen LogP) is 2.71. The summed E-state index contributed by atoms with van der Waals surface area (Å²) in [5.74, 6) is 0.240. The van der Waals surface area contributed by atoms with Crippen LogP contribution in [0.4, 0.5) is 0 Å². The molecule has 0 saturated heterocycles. The summed E-state index contributed by atoms with van der Waals surface area (Å²) in [5, 5.41) is 2.93. The Morgan fingerprint density at radius 3 is 2.68 bits per heavy atom. The zero-order chi connectivity index (χ0) is 15.7. The van der Waals surface area contributed by atoms with E-state index in [0.29, 0.717) is 11.4 Å². The maximum absolute atomic E-state index is 12.2. The summed E-state index contributed by atoms with van der Waals surface area (Å²) in [7, 11) is -2.99. The number of thiophene rings is 1. The fourth-order valence-electron chi connectivity index (χ4n) is 2.54. The minimum atomic E-state index is -2.99. The molecule has 1 aromatic heterocycles. The van der Waals surface area contributed by atoms with Gasteiger partial charge < -0.3 is 5.32 Å². The Hall–Kier alpha value is -1.66. The number of amides is 1. The van der Waals surface area contributed by atoms with E-state index in [2.05, 4.69) is 12.2 Å². The van der Waals surface area contributed by atoms with E-state index in [0.717, 1.165) is 10.4 Å². The van der Waals surface area contributed by atoms with Gasteiger partial charge in [-0.3, -0.25) is 4.79 Å². The predicted molar refractivity (Wildman–Crippen MR) is 87.8 cm³/mol. The lowest BCUT2D eigenvalue weighted by Gasteiger charge is -2.12. The molecule has 1 aliphatic heterocycles. The Labute approximate surface area is 134 Å². The summed E-state index contributed by atoms with van der Waals surface area (Å²) < 4.78 is 23.0. The van der Waals surface area contributed by atoms with Gasteiger partial charge >= 0.3 is 0 Å². The van der Waals surface area contributed by atoms with Crippen molar-refractivity contribution in [1.29, 1.82) is 0 Å². The van der Waals surface area contributed by atoms with Crippen LogP contribution in [-0.4, -0.2) is 20.9 Å². The average Bonchev–Trinajstić information content (AvgIpc) is 2.98. The monoisotopic (exact) mass is 335 g/mol. The summed E-state index contributed by atoms with van der Waals surface area (Å²) in [6.07, 6.45) is 0. The van der Waals surface area contributed by atoms with Crippen molar-refractivity contribution in [2.45, 2.75) is 24.3 Å². The number of nitrogens with one attached hydrogen (secondary N) is 1. The van der Waals surface area contributed by atoms with Crippen molar-refractivity contribution in [3.63, 3.8) is 0 Å². The van der Waals surface area contributed by atoms with Gasteiger partial charge in [-0.05, 0) is 23.1 Å². The van der Waals surface area contributed by atoms with E-state index in [4.69, 9.17) is 0 Å². The van der Waals surface area contributed by atoms with E-state index in [1.54, 1.807) is 6.07 Å². The van der Waals surface area contributed by atoms with Crippen LogP contribution in [0.2, 0.25) is 0 Å². The van der Waals surface area contributed by atoms with Gasteiger partial charge in [-0.15, -0.1) is 11.3 Å². The Bertz CT molecular complexity index is 765. The highest BCUT2D eigenvalue weighted by Crippen LogP contribution is 2.32. The first-order chi connectivity index (χ1) is 10.4. The van der Waals surface area contributed by atoms with Gasteiger partial charge in [0, 0.05) is 11.4 Å². The number of hydrogen-bond donors (Lipinski definition) is 1. The normalized spacial score (nSPS) is 17.0. The van der Waals surface area contributed by atoms with E-state index < -0.39 is 9.84 Å². The molecule has 6 heteroatoms. The molecular weight excluding hydrogens is 318 g/mol. The van der Waals surface area contributed by atoms with Crippen molar-refractivity contribution >= 4 is 27.1 Å². The minimum absolute atomic E-state index is 0.0620. The van der Waals surface area contributed by atoms with E-state index in [1.807, 2.05) is 30.3 Å². The molecule has 1 N–H and O–H groups in total. The Balaban J connectivity index is 1.62. The van der Waals surface area contributed by atoms with Crippen molar-refractivity contribution in [2.24, 2.45) is 0 Å². The van der Waals surface area contributed by atoms with E-state index in [1.165, 1.54) is 16.9 Å². The highest BCUT2D eigenvalue weighted by molar-refractivity contribution is 7.90. The average molecular weight is 335 g/mol. The van der Waals surface area contributed by atoms with Gasteiger partial charge in [0.1, 0.15) is 0 Å². The van der Waals surface area contributed by atoms with Crippen LogP contribution in [-0.2, 0) is 21.3 Å². The number of carbonyl (C=O) groups is 1. The lowest BCUT2D eigenvalue weighted by Crippen LogP contribution is -2.26.